The van der Waals surface area contributed by atoms with Crippen LogP contribution in [0.4, 0.5) is 0 Å². The van der Waals surface area contributed by atoms with Gasteiger partial charge >= 0.3 is 0 Å². The zero-order valence-corrected chi connectivity index (χ0v) is 9.35. The van der Waals surface area contributed by atoms with Crippen molar-refractivity contribution in [3.63, 3.8) is 0 Å². The van der Waals surface area contributed by atoms with Gasteiger partial charge in [-0.05, 0) is 33.6 Å². The highest BCUT2D eigenvalue weighted by Crippen LogP contribution is 1.89. The number of rotatable bonds is 3. The van der Waals surface area contributed by atoms with Gasteiger partial charge in [-0.1, -0.05) is 44.1 Å². The summed E-state index contributed by atoms with van der Waals surface area (Å²) >= 11 is 0. The van der Waals surface area contributed by atoms with Crippen LogP contribution in [0.1, 0.15) is 53.9 Å². The Kier molecular flexibility index (Phi) is 15.3. The molecule has 0 saturated heterocycles. The van der Waals surface area contributed by atoms with Gasteiger partial charge in [0.1, 0.15) is 0 Å². The molecule has 0 saturated carbocycles. The molecule has 0 radical (unpaired) electrons. The average molecular weight is 168 g/mol. The summed E-state index contributed by atoms with van der Waals surface area (Å²) in [6.45, 7) is 10.6. The van der Waals surface area contributed by atoms with Crippen molar-refractivity contribution in [1.29, 1.82) is 0 Å². The minimum absolute atomic E-state index is 1.17. The molecule has 12 heavy (non-hydrogen) atoms. The fourth-order valence-corrected chi connectivity index (χ4v) is 0.742. The smallest absolute Gasteiger partial charge is 0.0353 e. The molecular formula is C12H24. The molecule has 0 aliphatic rings. The molecule has 0 atom stereocenters. The predicted octanol–water partition coefficient (Wildman–Crippen LogP) is 4.73. The van der Waals surface area contributed by atoms with Crippen molar-refractivity contribution in [3.8, 4) is 0 Å². The molecule has 0 bridgehead atoms. The lowest BCUT2D eigenvalue weighted by Gasteiger charge is -1.80. The summed E-state index contributed by atoms with van der Waals surface area (Å²) in [4.78, 5) is 0. The van der Waals surface area contributed by atoms with E-state index < -0.39 is 0 Å². The van der Waals surface area contributed by atoms with E-state index in [1.807, 2.05) is 0 Å². The second-order valence-electron chi connectivity index (χ2n) is 3.05. The first-order chi connectivity index (χ1) is 5.68. The van der Waals surface area contributed by atoms with Crippen molar-refractivity contribution in [2.75, 3.05) is 0 Å². The predicted molar refractivity (Wildman–Crippen MR) is 59.4 cm³/mol. The van der Waals surface area contributed by atoms with E-state index in [2.05, 4.69) is 52.8 Å². The molecule has 0 rings (SSSR count). The number of hydrogen-bond acceptors (Lipinski definition) is 0. The molecule has 0 aliphatic carbocycles. The average Bonchev–Trinajstić information content (AvgIpc) is 2.02. The van der Waals surface area contributed by atoms with Gasteiger partial charge in [0.2, 0.25) is 0 Å². The summed E-state index contributed by atoms with van der Waals surface area (Å²) in [6, 6.07) is 0. The van der Waals surface area contributed by atoms with E-state index in [0.29, 0.717) is 0 Å². The molecule has 0 fully saturated rings. The van der Waals surface area contributed by atoms with Crippen LogP contribution in [0.3, 0.4) is 0 Å². The number of hydrogen-bond donors (Lipinski definition) is 0. The van der Waals surface area contributed by atoms with E-state index >= 15 is 0 Å². The van der Waals surface area contributed by atoms with Crippen LogP contribution in [0.25, 0.3) is 0 Å². The van der Waals surface area contributed by atoms with Gasteiger partial charge in [-0.2, -0.15) is 0 Å². The van der Waals surface area contributed by atoms with E-state index in [-0.39, 0.29) is 0 Å². The van der Waals surface area contributed by atoms with Gasteiger partial charge in [-0.3, -0.25) is 0 Å². The highest BCUT2D eigenvalue weighted by molar-refractivity contribution is 4.91. The SMILES string of the molecule is CC=CCCC.CCC=C(C)C. The van der Waals surface area contributed by atoms with Gasteiger partial charge in [-0.25, -0.2) is 0 Å². The van der Waals surface area contributed by atoms with Crippen LogP contribution in [0.2, 0.25) is 0 Å². The van der Waals surface area contributed by atoms with Crippen LogP contribution in [0.15, 0.2) is 23.8 Å². The Morgan fingerprint density at radius 2 is 1.75 bits per heavy atom. The Labute approximate surface area is 78.4 Å². The molecule has 72 valence electrons. The first-order valence-electron chi connectivity index (χ1n) is 4.93. The normalized spacial score (nSPS) is 9.08. The standard InChI is InChI=1S/2C6H12/c1-4-5-6(2)3;1-3-5-6-4-2/h5H,4H2,1-3H3;3,5H,4,6H2,1-2H3. The summed E-state index contributed by atoms with van der Waals surface area (Å²) in [6.07, 6.45) is 10.1. The molecule has 0 heteroatoms. The first kappa shape index (κ1) is 14.0. The Bertz CT molecular complexity index is 114. The van der Waals surface area contributed by atoms with Gasteiger partial charge < -0.3 is 0 Å². The fourth-order valence-electron chi connectivity index (χ4n) is 0.742. The lowest BCUT2D eigenvalue weighted by Crippen LogP contribution is -1.58. The van der Waals surface area contributed by atoms with Crippen LogP contribution in [-0.4, -0.2) is 0 Å². The Balaban J connectivity index is 0. The third kappa shape index (κ3) is 22.7. The molecule has 0 aliphatic heterocycles. The summed E-state index contributed by atoms with van der Waals surface area (Å²) in [5, 5.41) is 0. The molecule has 0 aromatic heterocycles. The monoisotopic (exact) mass is 168 g/mol. The third-order valence-corrected chi connectivity index (χ3v) is 1.30. The molecule has 0 amide bonds. The lowest BCUT2D eigenvalue weighted by atomic mass is 10.3. The van der Waals surface area contributed by atoms with E-state index in [1.165, 1.54) is 24.8 Å². The summed E-state index contributed by atoms with van der Waals surface area (Å²) in [5.41, 5.74) is 1.41. The summed E-state index contributed by atoms with van der Waals surface area (Å²) in [7, 11) is 0. The summed E-state index contributed by atoms with van der Waals surface area (Å²) in [5.74, 6) is 0. The molecular weight excluding hydrogens is 144 g/mol. The van der Waals surface area contributed by atoms with Gasteiger partial charge in [0, 0.05) is 0 Å². The van der Waals surface area contributed by atoms with Gasteiger partial charge in [0.05, 0.1) is 0 Å². The van der Waals surface area contributed by atoms with E-state index in [1.54, 1.807) is 0 Å². The van der Waals surface area contributed by atoms with Crippen molar-refractivity contribution in [3.05, 3.63) is 23.8 Å². The minimum atomic E-state index is 1.17. The van der Waals surface area contributed by atoms with E-state index in [4.69, 9.17) is 0 Å². The molecule has 0 unspecified atom stereocenters. The maximum Gasteiger partial charge on any atom is -0.0353 e. The van der Waals surface area contributed by atoms with Crippen LogP contribution >= 0.6 is 0 Å². The van der Waals surface area contributed by atoms with E-state index in [0.717, 1.165) is 0 Å². The first-order valence-corrected chi connectivity index (χ1v) is 4.93. The minimum Gasteiger partial charge on any atom is -0.0917 e. The van der Waals surface area contributed by atoms with Crippen molar-refractivity contribution < 1.29 is 0 Å². The lowest BCUT2D eigenvalue weighted by molar-refractivity contribution is 0.957. The Hall–Kier alpha value is -0.520. The van der Waals surface area contributed by atoms with Crippen molar-refractivity contribution in [2.45, 2.75) is 53.9 Å². The zero-order chi connectivity index (χ0) is 9.82. The van der Waals surface area contributed by atoms with Gasteiger partial charge in [-0.15, -0.1) is 0 Å². The molecule has 0 heterocycles. The molecule has 0 aromatic carbocycles. The maximum absolute atomic E-state index is 2.21. The number of allylic oxidation sites excluding steroid dienone is 4. The fraction of sp³-hybridized carbons (Fsp3) is 0.667. The van der Waals surface area contributed by atoms with Gasteiger partial charge in [0.25, 0.3) is 0 Å². The highest BCUT2D eigenvalue weighted by atomic mass is 13.7. The molecule has 0 N–H and O–H groups in total. The summed E-state index contributed by atoms with van der Waals surface area (Å²) < 4.78 is 0. The van der Waals surface area contributed by atoms with Crippen molar-refractivity contribution >= 4 is 0 Å². The van der Waals surface area contributed by atoms with Crippen molar-refractivity contribution in [1.82, 2.24) is 0 Å². The van der Waals surface area contributed by atoms with Gasteiger partial charge in [0.15, 0.2) is 0 Å². The Morgan fingerprint density at radius 3 is 1.83 bits per heavy atom. The quantitative estimate of drug-likeness (QED) is 0.535. The maximum atomic E-state index is 2.21. The van der Waals surface area contributed by atoms with E-state index in [9.17, 15) is 0 Å². The largest absolute Gasteiger partial charge is 0.0917 e. The topological polar surface area (TPSA) is 0 Å². The third-order valence-electron chi connectivity index (χ3n) is 1.30. The molecule has 0 spiro atoms. The number of unbranched alkanes of at least 4 members (excludes halogenated alkanes) is 1. The second-order valence-corrected chi connectivity index (χ2v) is 3.05. The van der Waals surface area contributed by atoms with Crippen molar-refractivity contribution in [2.24, 2.45) is 0 Å². The zero-order valence-electron chi connectivity index (χ0n) is 9.35. The van der Waals surface area contributed by atoms with Crippen LogP contribution in [-0.2, 0) is 0 Å². The molecule has 0 nitrogen and oxygen atoms in total. The Morgan fingerprint density at radius 1 is 1.17 bits per heavy atom. The molecule has 0 aromatic rings. The van der Waals surface area contributed by atoms with Crippen LogP contribution in [0, 0.1) is 0 Å². The van der Waals surface area contributed by atoms with Crippen LogP contribution < -0.4 is 0 Å². The second kappa shape index (κ2) is 13.1. The highest BCUT2D eigenvalue weighted by Gasteiger charge is 1.67. The van der Waals surface area contributed by atoms with Crippen LogP contribution in [0.5, 0.6) is 0 Å².